The molecule has 0 aliphatic heterocycles. The minimum absolute atomic E-state index is 0.114. The third-order valence-corrected chi connectivity index (χ3v) is 4.21. The number of carbonyl (C=O) groups excluding carboxylic acids is 1. The van der Waals surface area contributed by atoms with E-state index in [9.17, 15) is 14.7 Å². The van der Waals surface area contributed by atoms with Gasteiger partial charge in [-0.05, 0) is 30.9 Å². The topological polar surface area (TPSA) is 79.3 Å². The molecule has 1 heterocycles. The minimum Gasteiger partial charge on any atom is -0.479 e. The molecule has 0 radical (unpaired) electrons. The molecule has 0 spiro atoms. The molecule has 20 heavy (non-hydrogen) atoms. The highest BCUT2D eigenvalue weighted by Gasteiger charge is 2.46. The maximum Gasteiger partial charge on any atom is 0.329 e. The Bertz CT molecular complexity index is 535. The second-order valence-corrected chi connectivity index (χ2v) is 5.67. The van der Waals surface area contributed by atoms with Gasteiger partial charge in [0.1, 0.15) is 11.2 Å². The van der Waals surface area contributed by atoms with Crippen molar-refractivity contribution in [3.05, 3.63) is 29.0 Å². The molecule has 2 N–H and O–H groups in total. The summed E-state index contributed by atoms with van der Waals surface area (Å²) in [4.78, 5) is 27.8. The third-order valence-electron chi connectivity index (χ3n) is 3.97. The van der Waals surface area contributed by atoms with Crippen molar-refractivity contribution < 1.29 is 14.7 Å². The van der Waals surface area contributed by atoms with E-state index in [1.807, 2.05) is 6.92 Å². The van der Waals surface area contributed by atoms with Gasteiger partial charge in [0, 0.05) is 11.2 Å². The number of rotatable bonds is 3. The number of halogens is 1. The van der Waals surface area contributed by atoms with E-state index in [1.54, 1.807) is 6.07 Å². The zero-order valence-corrected chi connectivity index (χ0v) is 12.0. The maximum atomic E-state index is 12.2. The number of aromatic nitrogens is 1. The zero-order chi connectivity index (χ0) is 14.8. The van der Waals surface area contributed by atoms with Crippen LogP contribution in [0, 0.1) is 5.92 Å². The molecule has 2 unspecified atom stereocenters. The summed E-state index contributed by atoms with van der Waals surface area (Å²) in [7, 11) is 0. The molecule has 5 nitrogen and oxygen atoms in total. The Hall–Kier alpha value is -1.62. The molecule has 0 bridgehead atoms. The molecule has 1 aliphatic carbocycles. The second-order valence-electron chi connectivity index (χ2n) is 5.24. The average molecular weight is 297 g/mol. The van der Waals surface area contributed by atoms with Gasteiger partial charge < -0.3 is 10.4 Å². The van der Waals surface area contributed by atoms with Crippen molar-refractivity contribution in [2.24, 2.45) is 5.92 Å². The Kier molecular flexibility index (Phi) is 4.28. The standard InChI is InChI=1S/C14H17ClN2O3/c1-9-4-2-3-6-14(9,13(19)20)17-12(18)11-8-10(15)5-7-16-11/h5,7-9H,2-4,6H2,1H3,(H,17,18)(H,19,20). The molecule has 1 aromatic rings. The summed E-state index contributed by atoms with van der Waals surface area (Å²) in [5, 5.41) is 12.6. The van der Waals surface area contributed by atoms with Crippen LogP contribution in [0.15, 0.2) is 18.3 Å². The van der Waals surface area contributed by atoms with E-state index in [-0.39, 0.29) is 11.6 Å². The molecule has 1 aliphatic rings. The van der Waals surface area contributed by atoms with E-state index in [0.29, 0.717) is 11.4 Å². The van der Waals surface area contributed by atoms with Gasteiger partial charge in [0.05, 0.1) is 0 Å². The van der Waals surface area contributed by atoms with Crippen LogP contribution in [0.25, 0.3) is 0 Å². The van der Waals surface area contributed by atoms with E-state index >= 15 is 0 Å². The van der Waals surface area contributed by atoms with Crippen molar-refractivity contribution in [2.45, 2.75) is 38.1 Å². The second kappa shape index (κ2) is 5.79. The van der Waals surface area contributed by atoms with E-state index < -0.39 is 17.4 Å². The molecule has 1 fully saturated rings. The van der Waals surface area contributed by atoms with Crippen LogP contribution in [-0.2, 0) is 4.79 Å². The fourth-order valence-electron chi connectivity index (χ4n) is 2.70. The van der Waals surface area contributed by atoms with Crippen molar-refractivity contribution >= 4 is 23.5 Å². The van der Waals surface area contributed by atoms with E-state index in [1.165, 1.54) is 12.3 Å². The van der Waals surface area contributed by atoms with Crippen LogP contribution in [0.3, 0.4) is 0 Å². The molecule has 2 atom stereocenters. The number of carboxylic acids is 1. The lowest BCUT2D eigenvalue weighted by Crippen LogP contribution is -2.60. The van der Waals surface area contributed by atoms with Crippen LogP contribution in [0.5, 0.6) is 0 Å². The number of amides is 1. The number of nitrogens with one attached hydrogen (secondary N) is 1. The van der Waals surface area contributed by atoms with Crippen molar-refractivity contribution in [1.82, 2.24) is 10.3 Å². The van der Waals surface area contributed by atoms with Crippen LogP contribution < -0.4 is 5.32 Å². The van der Waals surface area contributed by atoms with Crippen LogP contribution in [0.1, 0.15) is 43.1 Å². The Balaban J connectivity index is 2.24. The highest BCUT2D eigenvalue weighted by molar-refractivity contribution is 6.30. The molecule has 0 aromatic carbocycles. The number of carbonyl (C=O) groups is 2. The Morgan fingerprint density at radius 3 is 2.85 bits per heavy atom. The Labute approximate surface area is 122 Å². The minimum atomic E-state index is -1.21. The first-order chi connectivity index (χ1) is 9.45. The van der Waals surface area contributed by atoms with Gasteiger partial charge in [-0.2, -0.15) is 0 Å². The molecule has 108 valence electrons. The van der Waals surface area contributed by atoms with Gasteiger partial charge in [-0.15, -0.1) is 0 Å². The molecule has 0 saturated heterocycles. The Morgan fingerprint density at radius 2 is 2.25 bits per heavy atom. The van der Waals surface area contributed by atoms with Gasteiger partial charge in [-0.25, -0.2) is 4.79 Å². The van der Waals surface area contributed by atoms with Gasteiger partial charge in [-0.1, -0.05) is 31.4 Å². The highest BCUT2D eigenvalue weighted by Crippen LogP contribution is 2.34. The van der Waals surface area contributed by atoms with Crippen LogP contribution in [0.2, 0.25) is 5.02 Å². The molecule has 6 heteroatoms. The van der Waals surface area contributed by atoms with Crippen LogP contribution >= 0.6 is 11.6 Å². The van der Waals surface area contributed by atoms with E-state index in [4.69, 9.17) is 11.6 Å². The Morgan fingerprint density at radius 1 is 1.50 bits per heavy atom. The predicted octanol–water partition coefficient (Wildman–Crippen LogP) is 2.50. The summed E-state index contributed by atoms with van der Waals surface area (Å²) < 4.78 is 0. The molecule has 1 saturated carbocycles. The molecule has 1 amide bonds. The van der Waals surface area contributed by atoms with Crippen molar-refractivity contribution in [2.75, 3.05) is 0 Å². The molecular formula is C14H17ClN2O3. The normalized spacial score (nSPS) is 26.0. The average Bonchev–Trinajstić information content (AvgIpc) is 2.41. The lowest BCUT2D eigenvalue weighted by Gasteiger charge is -2.39. The van der Waals surface area contributed by atoms with E-state index in [2.05, 4.69) is 10.3 Å². The molecular weight excluding hydrogens is 280 g/mol. The summed E-state index contributed by atoms with van der Waals surface area (Å²) in [6, 6.07) is 2.99. The predicted molar refractivity (Wildman–Crippen MR) is 74.7 cm³/mol. The van der Waals surface area contributed by atoms with Crippen LogP contribution in [-0.4, -0.2) is 27.5 Å². The van der Waals surface area contributed by atoms with Gasteiger partial charge in [0.2, 0.25) is 0 Å². The first kappa shape index (κ1) is 14.8. The monoisotopic (exact) mass is 296 g/mol. The molecule has 1 aromatic heterocycles. The van der Waals surface area contributed by atoms with Gasteiger partial charge in [0.15, 0.2) is 0 Å². The first-order valence-electron chi connectivity index (χ1n) is 6.63. The highest BCUT2D eigenvalue weighted by atomic mass is 35.5. The number of hydrogen-bond donors (Lipinski definition) is 2. The van der Waals surface area contributed by atoms with Crippen LogP contribution in [0.4, 0.5) is 0 Å². The smallest absolute Gasteiger partial charge is 0.329 e. The lowest BCUT2D eigenvalue weighted by molar-refractivity contribution is -0.148. The van der Waals surface area contributed by atoms with Gasteiger partial charge >= 0.3 is 5.97 Å². The maximum absolute atomic E-state index is 12.2. The number of nitrogens with zero attached hydrogens (tertiary/aromatic N) is 1. The number of pyridine rings is 1. The lowest BCUT2D eigenvalue weighted by atomic mass is 9.73. The summed E-state index contributed by atoms with van der Waals surface area (Å²) in [5.74, 6) is -1.60. The largest absolute Gasteiger partial charge is 0.479 e. The van der Waals surface area contributed by atoms with E-state index in [0.717, 1.165) is 19.3 Å². The number of carboxylic acid groups (broad SMARTS) is 1. The molecule has 2 rings (SSSR count). The summed E-state index contributed by atoms with van der Waals surface area (Å²) in [5.41, 5.74) is -1.07. The van der Waals surface area contributed by atoms with Crippen molar-refractivity contribution in [1.29, 1.82) is 0 Å². The van der Waals surface area contributed by atoms with Gasteiger partial charge in [-0.3, -0.25) is 9.78 Å². The number of hydrogen-bond acceptors (Lipinski definition) is 3. The fourth-order valence-corrected chi connectivity index (χ4v) is 2.86. The fraction of sp³-hybridized carbons (Fsp3) is 0.500. The zero-order valence-electron chi connectivity index (χ0n) is 11.2. The first-order valence-corrected chi connectivity index (χ1v) is 7.01. The van der Waals surface area contributed by atoms with Gasteiger partial charge in [0.25, 0.3) is 5.91 Å². The van der Waals surface area contributed by atoms with Crippen molar-refractivity contribution in [3.8, 4) is 0 Å². The third kappa shape index (κ3) is 2.77. The SMILES string of the molecule is CC1CCCCC1(NC(=O)c1cc(Cl)ccn1)C(=O)O. The summed E-state index contributed by atoms with van der Waals surface area (Å²) >= 11 is 5.82. The summed E-state index contributed by atoms with van der Waals surface area (Å²) in [6.07, 6.45) is 4.43. The quantitative estimate of drug-likeness (QED) is 0.898. The number of aliphatic carboxylic acids is 1. The van der Waals surface area contributed by atoms with Crippen molar-refractivity contribution in [3.63, 3.8) is 0 Å². The summed E-state index contributed by atoms with van der Waals surface area (Å²) in [6.45, 7) is 1.86.